The predicted molar refractivity (Wildman–Crippen MR) is 90.4 cm³/mol. The molecule has 0 unspecified atom stereocenters. The Kier molecular flexibility index (Phi) is 12.7. The van der Waals surface area contributed by atoms with Gasteiger partial charge in [0.2, 0.25) is 0 Å². The number of aliphatic carboxylic acids is 1. The maximum Gasteiger partial charge on any atom is 0.312 e. The van der Waals surface area contributed by atoms with Gasteiger partial charge < -0.3 is 14.6 Å². The first-order chi connectivity index (χ1) is 11.0. The van der Waals surface area contributed by atoms with E-state index in [1.165, 1.54) is 0 Å². The molecule has 0 radical (unpaired) electrons. The first-order valence-electron chi connectivity index (χ1n) is 8.99. The molecule has 0 saturated heterocycles. The number of carboxylic acid groups (broad SMARTS) is 1. The third-order valence-electron chi connectivity index (χ3n) is 4.16. The van der Waals surface area contributed by atoms with Gasteiger partial charge in [-0.2, -0.15) is 0 Å². The summed E-state index contributed by atoms with van der Waals surface area (Å²) in [4.78, 5) is 23.5. The second-order valence-corrected chi connectivity index (χ2v) is 6.07. The van der Waals surface area contributed by atoms with E-state index in [9.17, 15) is 9.59 Å². The van der Waals surface area contributed by atoms with E-state index < -0.39 is 11.4 Å². The van der Waals surface area contributed by atoms with Gasteiger partial charge in [0, 0.05) is 13.0 Å². The quantitative estimate of drug-likeness (QED) is 0.360. The zero-order valence-corrected chi connectivity index (χ0v) is 15.1. The lowest BCUT2D eigenvalue weighted by Gasteiger charge is -2.31. The van der Waals surface area contributed by atoms with Crippen LogP contribution in [0.2, 0.25) is 0 Å². The van der Waals surface area contributed by atoms with Gasteiger partial charge in [-0.15, -0.1) is 0 Å². The predicted octanol–water partition coefficient (Wildman–Crippen LogP) is 4.19. The topological polar surface area (TPSA) is 72.8 Å². The standard InChI is InChI=1S/C18H34O5/c1-4-7-11-18(12-8-5-2,13-9-10-16(19)20)17(21)23-15-14-22-6-3/h4-15H2,1-3H3,(H,19,20). The Morgan fingerprint density at radius 3 is 1.96 bits per heavy atom. The highest BCUT2D eigenvalue weighted by atomic mass is 16.6. The molecule has 0 atom stereocenters. The Morgan fingerprint density at radius 1 is 0.913 bits per heavy atom. The van der Waals surface area contributed by atoms with Crippen LogP contribution in [0.15, 0.2) is 0 Å². The molecule has 0 bridgehead atoms. The van der Waals surface area contributed by atoms with Gasteiger partial charge in [-0.3, -0.25) is 9.59 Å². The fourth-order valence-corrected chi connectivity index (χ4v) is 2.78. The second kappa shape index (κ2) is 13.3. The minimum absolute atomic E-state index is 0.103. The van der Waals surface area contributed by atoms with E-state index >= 15 is 0 Å². The third kappa shape index (κ3) is 9.59. The summed E-state index contributed by atoms with van der Waals surface area (Å²) in [6, 6.07) is 0. The van der Waals surface area contributed by atoms with Gasteiger partial charge in [0.25, 0.3) is 0 Å². The van der Waals surface area contributed by atoms with Crippen LogP contribution < -0.4 is 0 Å². The highest BCUT2D eigenvalue weighted by Crippen LogP contribution is 2.38. The number of carbonyl (C=O) groups is 2. The van der Waals surface area contributed by atoms with Gasteiger partial charge in [0.15, 0.2) is 0 Å². The van der Waals surface area contributed by atoms with Gasteiger partial charge in [-0.05, 0) is 32.6 Å². The molecule has 0 fully saturated rings. The number of esters is 1. The molecule has 5 heteroatoms. The average molecular weight is 330 g/mol. The summed E-state index contributed by atoms with van der Waals surface area (Å²) in [6.45, 7) is 7.39. The van der Waals surface area contributed by atoms with Crippen molar-refractivity contribution in [3.05, 3.63) is 0 Å². The van der Waals surface area contributed by atoms with Gasteiger partial charge in [0.1, 0.15) is 6.61 Å². The van der Waals surface area contributed by atoms with Crippen LogP contribution in [0.3, 0.4) is 0 Å². The van der Waals surface area contributed by atoms with Crippen LogP contribution in [0.5, 0.6) is 0 Å². The van der Waals surface area contributed by atoms with E-state index in [-0.39, 0.29) is 19.0 Å². The van der Waals surface area contributed by atoms with Crippen LogP contribution in [-0.4, -0.2) is 36.9 Å². The van der Waals surface area contributed by atoms with E-state index in [0.29, 0.717) is 26.1 Å². The lowest BCUT2D eigenvalue weighted by atomic mass is 9.74. The molecule has 0 aromatic heterocycles. The molecule has 1 N–H and O–H groups in total. The number of rotatable bonds is 15. The summed E-state index contributed by atoms with van der Waals surface area (Å²) in [5, 5.41) is 8.87. The van der Waals surface area contributed by atoms with Crippen LogP contribution in [0.25, 0.3) is 0 Å². The Morgan fingerprint density at radius 2 is 1.48 bits per heavy atom. The highest BCUT2D eigenvalue weighted by molar-refractivity contribution is 5.77. The normalized spacial score (nSPS) is 11.4. The first-order valence-corrected chi connectivity index (χ1v) is 8.99. The minimum atomic E-state index is -0.811. The average Bonchev–Trinajstić information content (AvgIpc) is 2.53. The van der Waals surface area contributed by atoms with Crippen molar-refractivity contribution < 1.29 is 24.2 Å². The zero-order chi connectivity index (χ0) is 17.6. The summed E-state index contributed by atoms with van der Waals surface area (Å²) in [6.07, 6.45) is 6.70. The molecule has 0 rings (SSSR count). The van der Waals surface area contributed by atoms with Crippen LogP contribution in [0.4, 0.5) is 0 Å². The molecule has 0 aromatic carbocycles. The van der Waals surface area contributed by atoms with Crippen molar-refractivity contribution >= 4 is 11.9 Å². The van der Waals surface area contributed by atoms with E-state index in [2.05, 4.69) is 13.8 Å². The molecule has 0 aliphatic carbocycles. The van der Waals surface area contributed by atoms with E-state index in [4.69, 9.17) is 14.6 Å². The van der Waals surface area contributed by atoms with Crippen molar-refractivity contribution in [2.24, 2.45) is 5.41 Å². The lowest BCUT2D eigenvalue weighted by Crippen LogP contribution is -2.34. The molecule has 23 heavy (non-hydrogen) atoms. The molecule has 136 valence electrons. The van der Waals surface area contributed by atoms with Crippen molar-refractivity contribution in [1.82, 2.24) is 0 Å². The number of carboxylic acids is 1. The largest absolute Gasteiger partial charge is 0.481 e. The Hall–Kier alpha value is -1.10. The molecular weight excluding hydrogens is 296 g/mol. The summed E-state index contributed by atoms with van der Waals surface area (Å²) in [5.74, 6) is -0.987. The van der Waals surface area contributed by atoms with E-state index in [1.54, 1.807) is 0 Å². The summed E-state index contributed by atoms with van der Waals surface area (Å²) in [5.41, 5.74) is -0.534. The second-order valence-electron chi connectivity index (χ2n) is 6.07. The number of unbranched alkanes of at least 4 members (excludes halogenated alkanes) is 2. The minimum Gasteiger partial charge on any atom is -0.481 e. The van der Waals surface area contributed by atoms with Gasteiger partial charge in [-0.1, -0.05) is 39.5 Å². The maximum atomic E-state index is 12.7. The summed E-state index contributed by atoms with van der Waals surface area (Å²) < 4.78 is 10.7. The summed E-state index contributed by atoms with van der Waals surface area (Å²) in [7, 11) is 0. The van der Waals surface area contributed by atoms with Crippen molar-refractivity contribution in [2.45, 2.75) is 78.6 Å². The fourth-order valence-electron chi connectivity index (χ4n) is 2.78. The SMILES string of the molecule is CCCCC(CCCC)(CCCC(=O)O)C(=O)OCCOCC. The Balaban J connectivity index is 4.84. The lowest BCUT2D eigenvalue weighted by molar-refractivity contribution is -0.159. The first kappa shape index (κ1) is 21.9. The molecule has 0 heterocycles. The number of hydrogen-bond donors (Lipinski definition) is 1. The van der Waals surface area contributed by atoms with E-state index in [1.807, 2.05) is 6.92 Å². The zero-order valence-electron chi connectivity index (χ0n) is 15.1. The molecule has 5 nitrogen and oxygen atoms in total. The van der Waals surface area contributed by atoms with Crippen LogP contribution in [0, 0.1) is 5.41 Å². The van der Waals surface area contributed by atoms with Gasteiger partial charge in [-0.25, -0.2) is 0 Å². The molecule has 0 aliphatic rings. The fraction of sp³-hybridized carbons (Fsp3) is 0.889. The molecule has 0 aromatic rings. The monoisotopic (exact) mass is 330 g/mol. The smallest absolute Gasteiger partial charge is 0.312 e. The van der Waals surface area contributed by atoms with Crippen molar-refractivity contribution in [3.63, 3.8) is 0 Å². The molecule has 0 aliphatic heterocycles. The molecule has 0 spiro atoms. The van der Waals surface area contributed by atoms with Crippen molar-refractivity contribution in [3.8, 4) is 0 Å². The number of ether oxygens (including phenoxy) is 2. The van der Waals surface area contributed by atoms with Crippen LogP contribution in [-0.2, 0) is 19.1 Å². The summed E-state index contributed by atoms with van der Waals surface area (Å²) >= 11 is 0. The molecule has 0 amide bonds. The van der Waals surface area contributed by atoms with E-state index in [0.717, 1.165) is 38.5 Å². The van der Waals surface area contributed by atoms with Gasteiger partial charge >= 0.3 is 11.9 Å². The van der Waals surface area contributed by atoms with Crippen LogP contribution in [0.1, 0.15) is 78.6 Å². The Bertz CT molecular complexity index is 319. The van der Waals surface area contributed by atoms with Crippen LogP contribution >= 0.6 is 0 Å². The molecule has 0 saturated carbocycles. The third-order valence-corrected chi connectivity index (χ3v) is 4.16. The van der Waals surface area contributed by atoms with Crippen molar-refractivity contribution in [1.29, 1.82) is 0 Å². The highest BCUT2D eigenvalue weighted by Gasteiger charge is 2.38. The van der Waals surface area contributed by atoms with Crippen molar-refractivity contribution in [2.75, 3.05) is 19.8 Å². The number of carbonyl (C=O) groups excluding carboxylic acids is 1. The Labute approximate surface area is 140 Å². The maximum absolute atomic E-state index is 12.7. The number of hydrogen-bond acceptors (Lipinski definition) is 4. The van der Waals surface area contributed by atoms with Gasteiger partial charge in [0.05, 0.1) is 12.0 Å². The molecular formula is C18H34O5.